The van der Waals surface area contributed by atoms with Crippen molar-refractivity contribution in [3.05, 3.63) is 46.3 Å². The first-order valence-corrected chi connectivity index (χ1v) is 21.7. The molecule has 0 bridgehead atoms. The van der Waals surface area contributed by atoms with Crippen molar-refractivity contribution in [2.75, 3.05) is 24.3 Å². The van der Waals surface area contributed by atoms with Crippen LogP contribution < -0.4 is 0 Å². The molecule has 0 aromatic heterocycles. The number of azide groups is 1. The van der Waals surface area contributed by atoms with E-state index in [0.29, 0.717) is 32.5 Å². The Morgan fingerprint density at radius 1 is 1.03 bits per heavy atom. The number of carbonyl (C=O) groups excluding carboxylic acids is 1. The molecule has 1 aliphatic heterocycles. The van der Waals surface area contributed by atoms with Crippen LogP contribution in [0.3, 0.4) is 0 Å². The van der Waals surface area contributed by atoms with E-state index in [1.165, 1.54) is 51.8 Å². The van der Waals surface area contributed by atoms with Gasteiger partial charge in [-0.25, -0.2) is 0 Å². The van der Waals surface area contributed by atoms with Crippen LogP contribution in [-0.2, 0) is 16.1 Å². The summed E-state index contributed by atoms with van der Waals surface area (Å²) in [6.45, 7) is 8.60. The zero-order valence-corrected chi connectivity index (χ0v) is 25.1. The number of amides is 1. The van der Waals surface area contributed by atoms with Crippen molar-refractivity contribution in [3.63, 3.8) is 0 Å². The molecule has 1 heterocycles. The van der Waals surface area contributed by atoms with Crippen molar-refractivity contribution in [3.8, 4) is 0 Å². The molecule has 196 valence electrons. The summed E-state index contributed by atoms with van der Waals surface area (Å²) in [5.41, 5.74) is 9.56. The fourth-order valence-corrected chi connectivity index (χ4v) is 19.5. The van der Waals surface area contributed by atoms with Gasteiger partial charge >= 0.3 is 211 Å². The fourth-order valence-electron chi connectivity index (χ4n) is 4.97. The number of carbonyl (C=O) groups is 1. The number of hydrogen-bond acceptors (Lipinski definition) is 4. The Kier molecular flexibility index (Phi) is 13.9. The third-order valence-electron chi connectivity index (χ3n) is 7.43. The molecule has 0 aliphatic carbocycles. The topological polar surface area (TPSA) is 87.5 Å². The van der Waals surface area contributed by atoms with Gasteiger partial charge in [0.25, 0.3) is 0 Å². The summed E-state index contributed by atoms with van der Waals surface area (Å²) in [7, 11) is 0. The maximum atomic E-state index is 12.7. The van der Waals surface area contributed by atoms with Crippen molar-refractivity contribution in [1.82, 2.24) is 4.90 Å². The van der Waals surface area contributed by atoms with Crippen LogP contribution in [0.1, 0.15) is 77.7 Å². The third kappa shape index (κ3) is 10.2. The van der Waals surface area contributed by atoms with E-state index in [2.05, 4.69) is 30.8 Å². The van der Waals surface area contributed by atoms with Crippen LogP contribution in [-0.4, -0.2) is 59.2 Å². The molecule has 0 atom stereocenters. The summed E-state index contributed by atoms with van der Waals surface area (Å²) in [6, 6.07) is 9.74. The first kappa shape index (κ1) is 29.8. The van der Waals surface area contributed by atoms with Gasteiger partial charge < -0.3 is 0 Å². The van der Waals surface area contributed by atoms with Crippen molar-refractivity contribution >= 4 is 24.5 Å². The Bertz CT molecular complexity index is 756. The van der Waals surface area contributed by atoms with Gasteiger partial charge in [0.1, 0.15) is 0 Å². The molecule has 0 spiro atoms. The molecular formula is C27H46N4O3Sn. The summed E-state index contributed by atoms with van der Waals surface area (Å²) >= 11 is -2.48. The van der Waals surface area contributed by atoms with Gasteiger partial charge in [-0.1, -0.05) is 6.07 Å². The van der Waals surface area contributed by atoms with Gasteiger partial charge in [0.2, 0.25) is 0 Å². The molecule has 1 saturated heterocycles. The van der Waals surface area contributed by atoms with Crippen LogP contribution in [0.5, 0.6) is 0 Å². The van der Waals surface area contributed by atoms with Crippen molar-refractivity contribution < 1.29 is 14.3 Å². The van der Waals surface area contributed by atoms with Crippen molar-refractivity contribution in [2.45, 2.75) is 97.7 Å². The molecule has 2 rings (SSSR count). The van der Waals surface area contributed by atoms with Crippen LogP contribution >= 0.6 is 0 Å². The minimum atomic E-state index is -2.48. The molecule has 1 aromatic rings. The third-order valence-corrected chi connectivity index (χ3v) is 21.7. The number of hydrogen-bond donors (Lipinski definition) is 0. The molecule has 0 radical (unpaired) electrons. The van der Waals surface area contributed by atoms with E-state index in [4.69, 9.17) is 15.0 Å². The van der Waals surface area contributed by atoms with Gasteiger partial charge in [-0.15, -0.1) is 0 Å². The maximum absolute atomic E-state index is 12.7. The second kappa shape index (κ2) is 16.3. The second-order valence-corrected chi connectivity index (χ2v) is 23.9. The van der Waals surface area contributed by atoms with Crippen LogP contribution in [0.15, 0.2) is 35.4 Å². The van der Waals surface area contributed by atoms with E-state index in [1.54, 1.807) is 4.90 Å². The van der Waals surface area contributed by atoms with Gasteiger partial charge in [0.05, 0.1) is 0 Å². The van der Waals surface area contributed by atoms with Gasteiger partial charge in [0.15, 0.2) is 0 Å². The average Bonchev–Trinajstić information content (AvgIpc) is 2.91. The van der Waals surface area contributed by atoms with Gasteiger partial charge in [-0.3, -0.25) is 0 Å². The summed E-state index contributed by atoms with van der Waals surface area (Å²) in [5, 5.41) is 3.94. The molecule has 7 nitrogen and oxygen atoms in total. The summed E-state index contributed by atoms with van der Waals surface area (Å²) in [5.74, 6) is 0. The molecule has 1 fully saturated rings. The number of ether oxygens (including phenoxy) is 2. The molecule has 35 heavy (non-hydrogen) atoms. The van der Waals surface area contributed by atoms with Crippen molar-refractivity contribution in [1.29, 1.82) is 0 Å². The Labute approximate surface area is 216 Å². The predicted octanol–water partition coefficient (Wildman–Crippen LogP) is 7.87. The molecule has 8 heteroatoms. The van der Waals surface area contributed by atoms with Crippen LogP contribution in [0.4, 0.5) is 4.79 Å². The van der Waals surface area contributed by atoms with E-state index in [9.17, 15) is 4.79 Å². The number of piperidine rings is 1. The molecule has 0 saturated carbocycles. The monoisotopic (exact) mass is 594 g/mol. The van der Waals surface area contributed by atoms with Crippen LogP contribution in [0.2, 0.25) is 13.3 Å². The zero-order chi connectivity index (χ0) is 25.4. The zero-order valence-electron chi connectivity index (χ0n) is 22.2. The SMILES string of the molecule is CCC[CH2][Sn]([CH2]CCC)([CH2]CCC)[CH2]OC1(CN=[N+]=[N-])CCN(C(=O)OCc2ccccc2)CC1. The molecule has 0 N–H and O–H groups in total. The van der Waals surface area contributed by atoms with E-state index in [-0.39, 0.29) is 12.7 Å². The standard InChI is InChI=1S/C15H19N4O3.3C4H9.Sn/c1-21-15(12-17-18-16)7-9-19(10-8-15)14(20)22-11-13-5-3-2-4-6-13;3*1-3-4-2;/h2-6H,1,7-12H2;3*1,3-4H2,2H3;. The minimum absolute atomic E-state index is 0.278. The molecule has 1 aliphatic rings. The molecule has 1 amide bonds. The van der Waals surface area contributed by atoms with E-state index in [0.717, 1.165) is 10.2 Å². The Morgan fingerprint density at radius 2 is 1.60 bits per heavy atom. The molecular weight excluding hydrogens is 547 g/mol. The Hall–Kier alpha value is -1.44. The van der Waals surface area contributed by atoms with E-state index >= 15 is 0 Å². The number of nitrogens with zero attached hydrogens (tertiary/aromatic N) is 4. The Morgan fingerprint density at radius 3 is 2.11 bits per heavy atom. The van der Waals surface area contributed by atoms with Gasteiger partial charge in [0, 0.05) is 0 Å². The van der Waals surface area contributed by atoms with Gasteiger partial charge in [-0.05, 0) is 0 Å². The number of likely N-dealkylation sites (tertiary alicyclic amines) is 1. The summed E-state index contributed by atoms with van der Waals surface area (Å²) < 4.78 is 17.5. The molecule has 1 aromatic carbocycles. The second-order valence-electron chi connectivity index (χ2n) is 10.2. The summed E-state index contributed by atoms with van der Waals surface area (Å²) in [4.78, 5) is 17.5. The first-order valence-electron chi connectivity index (χ1n) is 13.6. The van der Waals surface area contributed by atoms with Crippen LogP contribution in [0, 0.1) is 0 Å². The number of benzene rings is 1. The van der Waals surface area contributed by atoms with E-state index in [1.807, 2.05) is 30.3 Å². The van der Waals surface area contributed by atoms with E-state index < -0.39 is 24.0 Å². The molecule has 0 unspecified atom stereocenters. The fraction of sp³-hybridized carbons (Fsp3) is 0.741. The Balaban J connectivity index is 2.03. The normalized spacial score (nSPS) is 15.5. The predicted molar refractivity (Wildman–Crippen MR) is 145 cm³/mol. The van der Waals surface area contributed by atoms with Gasteiger partial charge in [-0.2, -0.15) is 0 Å². The quantitative estimate of drug-likeness (QED) is 0.0846. The summed E-state index contributed by atoms with van der Waals surface area (Å²) in [6.07, 6.45) is 8.70. The number of unbranched alkanes of at least 4 members (excludes halogenated alkanes) is 3. The van der Waals surface area contributed by atoms with Crippen molar-refractivity contribution in [2.24, 2.45) is 5.11 Å². The average molecular weight is 593 g/mol. The van der Waals surface area contributed by atoms with Crippen LogP contribution in [0.25, 0.3) is 10.4 Å². The first-order chi connectivity index (χ1) is 17.0. The number of rotatable bonds is 16.